The average Bonchev–Trinajstić information content (AvgIpc) is 2.39. The summed E-state index contributed by atoms with van der Waals surface area (Å²) in [4.78, 5) is 11.7. The van der Waals surface area contributed by atoms with Gasteiger partial charge in [0.25, 0.3) is 0 Å². The molecule has 0 spiro atoms. The molecule has 0 bridgehead atoms. The number of amides is 1. The first-order chi connectivity index (χ1) is 8.65. The molecule has 0 heterocycles. The second kappa shape index (κ2) is 8.48. The quantitative estimate of drug-likeness (QED) is 0.732. The fraction of sp³-hybridized carbons (Fsp3) is 0.929. The van der Waals surface area contributed by atoms with E-state index < -0.39 is 0 Å². The third-order valence-electron chi connectivity index (χ3n) is 3.87. The highest BCUT2D eigenvalue weighted by molar-refractivity contribution is 5.76. The molecule has 2 N–H and O–H groups in total. The van der Waals surface area contributed by atoms with Gasteiger partial charge in [0.15, 0.2) is 0 Å². The molecule has 0 aromatic carbocycles. The highest BCUT2D eigenvalue weighted by atomic mass is 16.5. The van der Waals surface area contributed by atoms with Gasteiger partial charge in [-0.15, -0.1) is 0 Å². The van der Waals surface area contributed by atoms with Gasteiger partial charge in [-0.1, -0.05) is 6.92 Å². The molecule has 18 heavy (non-hydrogen) atoms. The lowest BCUT2D eigenvalue weighted by molar-refractivity contribution is -0.122. The molecule has 1 aliphatic rings. The minimum absolute atomic E-state index is 0.124. The van der Waals surface area contributed by atoms with E-state index in [9.17, 15) is 9.90 Å². The zero-order valence-electron chi connectivity index (χ0n) is 11.7. The number of hydrogen-bond donors (Lipinski definition) is 2. The summed E-state index contributed by atoms with van der Waals surface area (Å²) in [7, 11) is 1.76. The van der Waals surface area contributed by atoms with Gasteiger partial charge in [0.1, 0.15) is 0 Å². The van der Waals surface area contributed by atoms with Crippen LogP contribution < -0.4 is 5.32 Å². The Kier molecular flexibility index (Phi) is 7.28. The zero-order chi connectivity index (χ0) is 13.4. The summed E-state index contributed by atoms with van der Waals surface area (Å²) in [5.74, 6) is 0.631. The Hall–Kier alpha value is -0.610. The second-order valence-electron chi connectivity index (χ2n) is 5.28. The van der Waals surface area contributed by atoms with Crippen molar-refractivity contribution in [2.75, 3.05) is 13.7 Å². The van der Waals surface area contributed by atoms with Crippen LogP contribution in [0.4, 0.5) is 0 Å². The molecule has 4 heteroatoms. The molecule has 1 atom stereocenters. The first-order valence-corrected chi connectivity index (χ1v) is 7.13. The maximum absolute atomic E-state index is 11.7. The summed E-state index contributed by atoms with van der Waals surface area (Å²) < 4.78 is 5.32. The van der Waals surface area contributed by atoms with E-state index >= 15 is 0 Å². The van der Waals surface area contributed by atoms with Crippen molar-refractivity contribution in [2.45, 2.75) is 64.1 Å². The van der Waals surface area contributed by atoms with Crippen molar-refractivity contribution in [3.05, 3.63) is 0 Å². The van der Waals surface area contributed by atoms with Crippen LogP contribution in [0.1, 0.15) is 51.9 Å². The van der Waals surface area contributed by atoms with Gasteiger partial charge in [-0.25, -0.2) is 0 Å². The molecule has 1 rings (SSSR count). The Bertz CT molecular complexity index is 237. The highest BCUT2D eigenvalue weighted by Crippen LogP contribution is 2.27. The van der Waals surface area contributed by atoms with Crippen molar-refractivity contribution in [1.29, 1.82) is 0 Å². The van der Waals surface area contributed by atoms with Crippen LogP contribution in [0.25, 0.3) is 0 Å². The van der Waals surface area contributed by atoms with Crippen LogP contribution in [0, 0.1) is 5.92 Å². The number of rotatable bonds is 7. The first kappa shape index (κ1) is 15.4. The van der Waals surface area contributed by atoms with Crippen molar-refractivity contribution in [3.8, 4) is 0 Å². The lowest BCUT2D eigenvalue weighted by atomic mass is 9.85. The van der Waals surface area contributed by atoms with E-state index in [0.29, 0.717) is 31.4 Å². The van der Waals surface area contributed by atoms with Crippen LogP contribution >= 0.6 is 0 Å². The largest absolute Gasteiger partial charge is 0.393 e. The minimum Gasteiger partial charge on any atom is -0.393 e. The Morgan fingerprint density at radius 3 is 2.61 bits per heavy atom. The predicted octanol–water partition coefficient (Wildman–Crippen LogP) is 1.86. The molecule has 1 fully saturated rings. The van der Waals surface area contributed by atoms with Crippen molar-refractivity contribution >= 4 is 5.91 Å². The molecule has 0 radical (unpaired) electrons. The van der Waals surface area contributed by atoms with Crippen molar-refractivity contribution in [2.24, 2.45) is 5.92 Å². The lowest BCUT2D eigenvalue weighted by Gasteiger charge is -2.27. The molecule has 0 aliphatic heterocycles. The number of carbonyl (C=O) groups is 1. The number of carbonyl (C=O) groups excluding carboxylic acids is 1. The Morgan fingerprint density at radius 1 is 1.39 bits per heavy atom. The first-order valence-electron chi connectivity index (χ1n) is 7.13. The Morgan fingerprint density at radius 2 is 2.06 bits per heavy atom. The Balaban J connectivity index is 2.09. The van der Waals surface area contributed by atoms with Gasteiger partial charge >= 0.3 is 0 Å². The molecular weight excluding hydrogens is 230 g/mol. The van der Waals surface area contributed by atoms with E-state index in [1.807, 2.05) is 6.92 Å². The maximum atomic E-state index is 11.7. The van der Waals surface area contributed by atoms with E-state index in [0.717, 1.165) is 32.1 Å². The van der Waals surface area contributed by atoms with Gasteiger partial charge in [0.05, 0.1) is 12.2 Å². The third kappa shape index (κ3) is 5.83. The van der Waals surface area contributed by atoms with Gasteiger partial charge in [0, 0.05) is 20.1 Å². The highest BCUT2D eigenvalue weighted by Gasteiger charge is 2.22. The summed E-state index contributed by atoms with van der Waals surface area (Å²) >= 11 is 0. The number of aliphatic hydroxyl groups excluding tert-OH is 1. The van der Waals surface area contributed by atoms with Gasteiger partial charge in [-0.3, -0.25) is 4.79 Å². The molecule has 106 valence electrons. The van der Waals surface area contributed by atoms with Gasteiger partial charge in [0.2, 0.25) is 5.91 Å². The number of ether oxygens (including phenoxy) is 1. The summed E-state index contributed by atoms with van der Waals surface area (Å²) in [6.45, 7) is 2.53. The monoisotopic (exact) mass is 257 g/mol. The van der Waals surface area contributed by atoms with E-state index in [-0.39, 0.29) is 12.0 Å². The Labute approximate surface area is 110 Å². The summed E-state index contributed by atoms with van der Waals surface area (Å²) in [5, 5.41) is 12.3. The summed E-state index contributed by atoms with van der Waals surface area (Å²) in [6, 6.07) is 0. The van der Waals surface area contributed by atoms with Crippen molar-refractivity contribution in [3.63, 3.8) is 0 Å². The van der Waals surface area contributed by atoms with Crippen LogP contribution in [0.5, 0.6) is 0 Å². The van der Waals surface area contributed by atoms with Crippen LogP contribution in [0.3, 0.4) is 0 Å². The van der Waals surface area contributed by atoms with Crippen LogP contribution in [0.15, 0.2) is 0 Å². The molecule has 1 amide bonds. The van der Waals surface area contributed by atoms with E-state index in [2.05, 4.69) is 5.32 Å². The van der Waals surface area contributed by atoms with E-state index in [1.165, 1.54) is 0 Å². The fourth-order valence-corrected chi connectivity index (χ4v) is 2.49. The van der Waals surface area contributed by atoms with Crippen LogP contribution in [0.2, 0.25) is 0 Å². The standard InChI is InChI=1S/C14H27NO3/c1-3-12(16)8-9-15-14(17)10-11-4-6-13(18-2)7-5-11/h11-13,16H,3-10H2,1-2H3,(H,15,17). The van der Waals surface area contributed by atoms with Crippen molar-refractivity contribution in [1.82, 2.24) is 5.32 Å². The molecule has 1 aliphatic carbocycles. The van der Waals surface area contributed by atoms with Crippen LogP contribution in [-0.4, -0.2) is 36.9 Å². The summed E-state index contributed by atoms with van der Waals surface area (Å²) in [6.07, 6.45) is 6.44. The van der Waals surface area contributed by atoms with Crippen molar-refractivity contribution < 1.29 is 14.6 Å². The van der Waals surface area contributed by atoms with Crippen LogP contribution in [-0.2, 0) is 9.53 Å². The molecule has 1 saturated carbocycles. The molecule has 0 aromatic heterocycles. The summed E-state index contributed by atoms with van der Waals surface area (Å²) in [5.41, 5.74) is 0. The van der Waals surface area contributed by atoms with Gasteiger partial charge < -0.3 is 15.2 Å². The van der Waals surface area contributed by atoms with Gasteiger partial charge in [-0.05, 0) is 44.4 Å². The number of methoxy groups -OCH3 is 1. The maximum Gasteiger partial charge on any atom is 0.220 e. The lowest BCUT2D eigenvalue weighted by Crippen LogP contribution is -2.30. The molecule has 1 unspecified atom stereocenters. The SMILES string of the molecule is CCC(O)CCNC(=O)CC1CCC(OC)CC1. The third-order valence-corrected chi connectivity index (χ3v) is 3.87. The smallest absolute Gasteiger partial charge is 0.220 e. The average molecular weight is 257 g/mol. The molecule has 0 aromatic rings. The number of hydrogen-bond acceptors (Lipinski definition) is 3. The molecule has 4 nitrogen and oxygen atoms in total. The minimum atomic E-state index is -0.289. The topological polar surface area (TPSA) is 58.6 Å². The predicted molar refractivity (Wildman–Crippen MR) is 71.3 cm³/mol. The molecule has 0 saturated heterocycles. The van der Waals surface area contributed by atoms with E-state index in [1.54, 1.807) is 7.11 Å². The second-order valence-corrected chi connectivity index (χ2v) is 5.28. The fourth-order valence-electron chi connectivity index (χ4n) is 2.49. The normalized spacial score (nSPS) is 25.7. The zero-order valence-corrected chi connectivity index (χ0v) is 11.7. The molecular formula is C14H27NO3. The number of nitrogens with one attached hydrogen (secondary N) is 1. The number of aliphatic hydroxyl groups is 1. The van der Waals surface area contributed by atoms with Gasteiger partial charge in [-0.2, -0.15) is 0 Å². The van der Waals surface area contributed by atoms with E-state index in [4.69, 9.17) is 4.74 Å².